The summed E-state index contributed by atoms with van der Waals surface area (Å²) < 4.78 is 50.4. The molecule has 4 fully saturated rings. The minimum atomic E-state index is -5.19. The third-order valence-corrected chi connectivity index (χ3v) is 10.0. The van der Waals surface area contributed by atoms with Crippen LogP contribution in [0, 0.1) is 17.3 Å². The van der Waals surface area contributed by atoms with E-state index in [0.29, 0.717) is 5.75 Å². The zero-order chi connectivity index (χ0) is 34.3. The molecule has 2 aliphatic heterocycles. The van der Waals surface area contributed by atoms with Gasteiger partial charge in [0.15, 0.2) is 0 Å². The van der Waals surface area contributed by atoms with E-state index in [1.54, 1.807) is 24.1 Å². The van der Waals surface area contributed by atoms with E-state index in [1.165, 1.54) is 19.1 Å². The van der Waals surface area contributed by atoms with Crippen molar-refractivity contribution in [2.24, 2.45) is 23.0 Å². The van der Waals surface area contributed by atoms with E-state index in [9.17, 15) is 37.1 Å². The van der Waals surface area contributed by atoms with Gasteiger partial charge >= 0.3 is 12.1 Å². The van der Waals surface area contributed by atoms with Gasteiger partial charge in [0.05, 0.1) is 18.6 Å². The maximum Gasteiger partial charge on any atom is 0.471 e. The number of amides is 5. The second-order valence-corrected chi connectivity index (χ2v) is 13.3. The molecule has 1 unspecified atom stereocenters. The lowest BCUT2D eigenvalue weighted by atomic mass is 9.81. The molecule has 5 rings (SSSR count). The summed E-state index contributed by atoms with van der Waals surface area (Å²) in [6.07, 6.45) is -2.66. The van der Waals surface area contributed by atoms with Crippen molar-refractivity contribution >= 4 is 29.5 Å². The minimum Gasteiger partial charge on any atom is -0.497 e. The molecule has 2 heterocycles. The van der Waals surface area contributed by atoms with Gasteiger partial charge in [0.25, 0.3) is 0 Å². The number of likely N-dealkylation sites (tertiary alicyclic amines) is 2. The Morgan fingerprint density at radius 1 is 1.06 bits per heavy atom. The van der Waals surface area contributed by atoms with Gasteiger partial charge in [0.2, 0.25) is 23.6 Å². The zero-order valence-corrected chi connectivity index (χ0v) is 26.8. The molecule has 47 heavy (non-hydrogen) atoms. The Balaban J connectivity index is 1.39. The molecule has 12 nitrogen and oxygen atoms in total. The molecule has 15 heteroatoms. The van der Waals surface area contributed by atoms with Gasteiger partial charge in [0, 0.05) is 33.8 Å². The molecular formula is C32H42F3N5O7. The number of nitrogens with one attached hydrogen (secondary N) is 1. The molecule has 1 aromatic rings. The number of methoxy groups -OCH3 is 2. The van der Waals surface area contributed by atoms with Crippen LogP contribution in [0.3, 0.4) is 0 Å². The highest BCUT2D eigenvalue weighted by molar-refractivity contribution is 5.97. The second-order valence-electron chi connectivity index (χ2n) is 13.3. The van der Waals surface area contributed by atoms with Gasteiger partial charge in [-0.25, -0.2) is 0 Å². The lowest BCUT2D eigenvalue weighted by molar-refractivity contribution is -0.175. The van der Waals surface area contributed by atoms with Crippen LogP contribution in [-0.2, 0) is 35.3 Å². The van der Waals surface area contributed by atoms with E-state index < -0.39 is 59.4 Å². The monoisotopic (exact) mass is 665 g/mol. The van der Waals surface area contributed by atoms with E-state index in [2.05, 4.69) is 0 Å². The van der Waals surface area contributed by atoms with Gasteiger partial charge < -0.3 is 35.2 Å². The number of halogens is 3. The molecule has 258 valence electrons. The molecule has 3 N–H and O–H groups in total. The smallest absolute Gasteiger partial charge is 0.471 e. The number of alkyl halides is 3. The number of benzene rings is 1. The van der Waals surface area contributed by atoms with Gasteiger partial charge in [-0.3, -0.25) is 24.0 Å². The number of likely N-dealkylation sites (N-methyl/N-ethyl adjacent to an activating group) is 1. The predicted molar refractivity (Wildman–Crippen MR) is 160 cm³/mol. The molecular weight excluding hydrogens is 623 g/mol. The Hall–Kier alpha value is -3.88. The number of hydrogen-bond donors (Lipinski definition) is 2. The Morgan fingerprint density at radius 3 is 2.21 bits per heavy atom. The summed E-state index contributed by atoms with van der Waals surface area (Å²) in [7, 11) is 4.33. The Labute approximate surface area is 271 Å². The fourth-order valence-corrected chi connectivity index (χ4v) is 6.94. The van der Waals surface area contributed by atoms with Crippen LogP contribution in [0.25, 0.3) is 0 Å². The number of rotatable bonds is 13. The first-order chi connectivity index (χ1) is 22.2. The Kier molecular flexibility index (Phi) is 9.76. The van der Waals surface area contributed by atoms with Gasteiger partial charge in [-0.2, -0.15) is 13.2 Å². The van der Waals surface area contributed by atoms with Gasteiger partial charge in [-0.05, 0) is 48.8 Å². The molecule has 0 aromatic heterocycles. The SMILES string of the molecule is COc1ccc(CN2CC(OC)[C@@]3(C[C@@H](C(N)=O)N(C(=O)[C@H](CC4CC4)N(C)C(=O)[C@H](CC4CC4)NC(=O)C(F)(F)F)C3)C2=O)cc1. The average molecular weight is 666 g/mol. The summed E-state index contributed by atoms with van der Waals surface area (Å²) in [5.41, 5.74) is 5.37. The number of carbonyl (C=O) groups excluding carboxylic acids is 5. The topological polar surface area (TPSA) is 152 Å². The van der Waals surface area contributed by atoms with Crippen molar-refractivity contribution in [3.8, 4) is 5.75 Å². The fraction of sp³-hybridized carbons (Fsp3) is 0.656. The molecule has 5 amide bonds. The van der Waals surface area contributed by atoms with E-state index in [1.807, 2.05) is 17.4 Å². The first-order valence-electron chi connectivity index (χ1n) is 15.9. The van der Waals surface area contributed by atoms with Crippen LogP contribution < -0.4 is 15.8 Å². The number of nitrogens with zero attached hydrogens (tertiary/aromatic N) is 3. The third-order valence-electron chi connectivity index (χ3n) is 10.0. The molecule has 0 radical (unpaired) electrons. The van der Waals surface area contributed by atoms with Crippen LogP contribution >= 0.6 is 0 Å². The van der Waals surface area contributed by atoms with Crippen molar-refractivity contribution in [3.63, 3.8) is 0 Å². The van der Waals surface area contributed by atoms with Crippen LogP contribution in [0.15, 0.2) is 24.3 Å². The average Bonchev–Trinajstić information content (AvgIpc) is 3.97. The van der Waals surface area contributed by atoms with Crippen LogP contribution in [0.4, 0.5) is 13.2 Å². The molecule has 4 aliphatic rings. The van der Waals surface area contributed by atoms with Crippen molar-refractivity contribution in [2.45, 2.75) is 81.9 Å². The minimum absolute atomic E-state index is 0.0126. The summed E-state index contributed by atoms with van der Waals surface area (Å²) in [5, 5.41) is 1.83. The normalized spacial score (nSPS) is 25.5. The second kappa shape index (κ2) is 13.3. The largest absolute Gasteiger partial charge is 0.497 e. The first-order valence-corrected chi connectivity index (χ1v) is 15.9. The summed E-state index contributed by atoms with van der Waals surface area (Å²) in [6.45, 7) is 0.281. The standard InChI is InChI=1S/C32H42F3N5O7/c1-38(27(42)22(12-18-4-5-18)37-29(44)32(33,34)35)23(13-19-6-7-19)28(43)40-17-31(14-24(40)26(36)41)25(47-3)16-39(30(31)45)15-20-8-10-21(46-2)11-9-20/h8-11,18-19,22-25H,4-7,12-17H2,1-3H3,(H2,36,41)(H,37,44)/t22-,23-,24-,25?,31-/m0/s1. The quantitative estimate of drug-likeness (QED) is 0.325. The summed E-state index contributed by atoms with van der Waals surface area (Å²) in [5.74, 6) is -4.07. The summed E-state index contributed by atoms with van der Waals surface area (Å²) in [4.78, 5) is 70.7. The van der Waals surface area contributed by atoms with Crippen LogP contribution in [0.1, 0.15) is 50.5 Å². The van der Waals surface area contributed by atoms with Crippen LogP contribution in [0.2, 0.25) is 0 Å². The molecule has 2 aliphatic carbocycles. The number of nitrogens with two attached hydrogens (primary N) is 1. The first kappa shape index (κ1) is 34.5. The molecule has 2 saturated carbocycles. The highest BCUT2D eigenvalue weighted by Crippen LogP contribution is 2.46. The van der Waals surface area contributed by atoms with Crippen molar-refractivity contribution < 1.29 is 46.6 Å². The number of carbonyl (C=O) groups is 5. The fourth-order valence-electron chi connectivity index (χ4n) is 6.94. The lowest BCUT2D eigenvalue weighted by Crippen LogP contribution is -2.58. The number of primary amides is 1. The molecule has 2 saturated heterocycles. The van der Waals surface area contributed by atoms with E-state index in [-0.39, 0.29) is 56.6 Å². The third kappa shape index (κ3) is 7.34. The van der Waals surface area contributed by atoms with Crippen LogP contribution in [-0.4, -0.2) is 109 Å². The zero-order valence-electron chi connectivity index (χ0n) is 26.8. The molecule has 1 spiro atoms. The van der Waals surface area contributed by atoms with Gasteiger partial charge in [-0.15, -0.1) is 0 Å². The molecule has 0 bridgehead atoms. The van der Waals surface area contributed by atoms with Crippen molar-refractivity contribution in [3.05, 3.63) is 29.8 Å². The van der Waals surface area contributed by atoms with E-state index >= 15 is 0 Å². The Morgan fingerprint density at radius 2 is 1.68 bits per heavy atom. The predicted octanol–water partition coefficient (Wildman–Crippen LogP) is 1.60. The van der Waals surface area contributed by atoms with Gasteiger partial charge in [-0.1, -0.05) is 37.8 Å². The van der Waals surface area contributed by atoms with Crippen LogP contribution in [0.5, 0.6) is 5.75 Å². The number of ether oxygens (including phenoxy) is 2. The molecule has 1 aromatic carbocycles. The molecule has 5 atom stereocenters. The van der Waals surface area contributed by atoms with Crippen molar-refractivity contribution in [1.29, 1.82) is 0 Å². The van der Waals surface area contributed by atoms with E-state index in [0.717, 1.165) is 36.1 Å². The van der Waals surface area contributed by atoms with E-state index in [4.69, 9.17) is 15.2 Å². The maximum atomic E-state index is 14.4. The maximum absolute atomic E-state index is 14.4. The lowest BCUT2D eigenvalue weighted by Gasteiger charge is -2.35. The highest BCUT2D eigenvalue weighted by Gasteiger charge is 2.62. The van der Waals surface area contributed by atoms with Crippen molar-refractivity contribution in [2.75, 3.05) is 34.4 Å². The van der Waals surface area contributed by atoms with Crippen molar-refractivity contribution in [1.82, 2.24) is 20.0 Å². The number of hydrogen-bond acceptors (Lipinski definition) is 7. The Bertz CT molecular complexity index is 1380. The van der Waals surface area contributed by atoms with Gasteiger partial charge in [0.1, 0.15) is 23.9 Å². The summed E-state index contributed by atoms with van der Waals surface area (Å²) >= 11 is 0. The summed E-state index contributed by atoms with van der Waals surface area (Å²) in [6, 6.07) is 3.41. The highest BCUT2D eigenvalue weighted by atomic mass is 19.4.